The van der Waals surface area contributed by atoms with E-state index in [1.165, 1.54) is 0 Å². The molecule has 0 radical (unpaired) electrons. The van der Waals surface area contributed by atoms with Gasteiger partial charge in [0.15, 0.2) is 11.5 Å². The Bertz CT molecular complexity index is 596. The molecule has 1 N–H and O–H groups in total. The second-order valence-corrected chi connectivity index (χ2v) is 4.69. The minimum absolute atomic E-state index is 0.111. The molecule has 3 nitrogen and oxygen atoms in total. The Labute approximate surface area is 120 Å². The maximum Gasteiger partial charge on any atom is 0.166 e. The number of benzene rings is 2. The Hall–Kier alpha value is -1.81. The summed E-state index contributed by atoms with van der Waals surface area (Å²) in [5.74, 6) is 0.582. The number of aliphatic imine (C=N–C) groups is 1. The van der Waals surface area contributed by atoms with E-state index in [1.54, 1.807) is 18.3 Å². The zero-order valence-electron chi connectivity index (χ0n) is 10.5. The van der Waals surface area contributed by atoms with Crippen molar-refractivity contribution in [1.29, 1.82) is 0 Å². The van der Waals surface area contributed by atoms with Crippen molar-refractivity contribution in [3.8, 4) is 11.5 Å². The molecule has 4 heteroatoms. The third-order valence-electron chi connectivity index (χ3n) is 2.53. The van der Waals surface area contributed by atoms with Crippen LogP contribution in [0.2, 0.25) is 0 Å². The van der Waals surface area contributed by atoms with Crippen LogP contribution in [0.1, 0.15) is 12.5 Å². The van der Waals surface area contributed by atoms with Crippen LogP contribution in [0, 0.1) is 0 Å². The maximum atomic E-state index is 10.0. The zero-order valence-corrected chi connectivity index (χ0v) is 12.1. The van der Waals surface area contributed by atoms with Crippen LogP contribution in [0.15, 0.2) is 51.9 Å². The van der Waals surface area contributed by atoms with Gasteiger partial charge >= 0.3 is 0 Å². The van der Waals surface area contributed by atoms with Crippen LogP contribution in [-0.4, -0.2) is 17.9 Å². The Kier molecular flexibility index (Phi) is 4.58. The summed E-state index contributed by atoms with van der Waals surface area (Å²) in [6.45, 7) is 2.39. The number of halogens is 1. The molecule has 0 aromatic heterocycles. The molecule has 0 aliphatic heterocycles. The van der Waals surface area contributed by atoms with Crippen molar-refractivity contribution in [2.75, 3.05) is 6.61 Å². The van der Waals surface area contributed by atoms with E-state index in [2.05, 4.69) is 20.9 Å². The highest BCUT2D eigenvalue weighted by molar-refractivity contribution is 9.10. The molecule has 0 unspecified atom stereocenters. The van der Waals surface area contributed by atoms with Crippen LogP contribution in [-0.2, 0) is 0 Å². The largest absolute Gasteiger partial charge is 0.504 e. The molecule has 2 aromatic rings. The van der Waals surface area contributed by atoms with Crippen LogP contribution < -0.4 is 4.74 Å². The predicted octanol–water partition coefficient (Wildman–Crippen LogP) is 4.30. The van der Waals surface area contributed by atoms with Gasteiger partial charge in [0.1, 0.15) is 0 Å². The number of rotatable bonds is 4. The molecule has 0 saturated carbocycles. The molecule has 0 saturated heterocycles. The molecule has 2 aromatic carbocycles. The van der Waals surface area contributed by atoms with Gasteiger partial charge in [-0.2, -0.15) is 0 Å². The first-order valence-electron chi connectivity index (χ1n) is 5.95. The highest BCUT2D eigenvalue weighted by atomic mass is 79.9. The Morgan fingerprint density at radius 3 is 2.74 bits per heavy atom. The zero-order chi connectivity index (χ0) is 13.7. The maximum absolute atomic E-state index is 10.0. The summed E-state index contributed by atoms with van der Waals surface area (Å²) in [6, 6.07) is 13.0. The standard InChI is InChI=1S/C15H14BrNO2/c1-2-19-14-9-5-6-11(15(14)18)10-17-13-8-4-3-7-12(13)16/h3-10,18H,2H2,1H3. The van der Waals surface area contributed by atoms with Crippen molar-refractivity contribution in [3.05, 3.63) is 52.5 Å². The molecule has 2 rings (SSSR count). The van der Waals surface area contributed by atoms with E-state index >= 15 is 0 Å². The molecule has 98 valence electrons. The molecule has 0 aliphatic rings. The van der Waals surface area contributed by atoms with Gasteiger partial charge < -0.3 is 9.84 Å². The smallest absolute Gasteiger partial charge is 0.166 e. The summed E-state index contributed by atoms with van der Waals surface area (Å²) in [4.78, 5) is 4.35. The lowest BCUT2D eigenvalue weighted by atomic mass is 10.2. The minimum Gasteiger partial charge on any atom is -0.504 e. The predicted molar refractivity (Wildman–Crippen MR) is 80.7 cm³/mol. The van der Waals surface area contributed by atoms with Gasteiger partial charge in [0, 0.05) is 16.3 Å². The van der Waals surface area contributed by atoms with Crippen LogP contribution in [0.3, 0.4) is 0 Å². The highest BCUT2D eigenvalue weighted by Crippen LogP contribution is 2.30. The second-order valence-electron chi connectivity index (χ2n) is 3.84. The Balaban J connectivity index is 2.29. The monoisotopic (exact) mass is 319 g/mol. The SMILES string of the molecule is CCOc1cccc(C=Nc2ccccc2Br)c1O. The van der Waals surface area contributed by atoms with Crippen molar-refractivity contribution >= 4 is 27.8 Å². The lowest BCUT2D eigenvalue weighted by Gasteiger charge is -2.07. The average molecular weight is 320 g/mol. The fourth-order valence-electron chi connectivity index (χ4n) is 1.61. The lowest BCUT2D eigenvalue weighted by Crippen LogP contribution is -1.93. The summed E-state index contributed by atoms with van der Waals surface area (Å²) in [6.07, 6.45) is 1.62. The molecule has 19 heavy (non-hydrogen) atoms. The molecule has 0 atom stereocenters. The van der Waals surface area contributed by atoms with E-state index in [-0.39, 0.29) is 5.75 Å². The van der Waals surface area contributed by atoms with Crippen molar-refractivity contribution in [1.82, 2.24) is 0 Å². The third-order valence-corrected chi connectivity index (χ3v) is 3.20. The summed E-state index contributed by atoms with van der Waals surface area (Å²) in [5.41, 5.74) is 1.44. The first-order chi connectivity index (χ1) is 9.22. The van der Waals surface area contributed by atoms with E-state index in [0.717, 1.165) is 10.2 Å². The van der Waals surface area contributed by atoms with Gasteiger partial charge in [0.2, 0.25) is 0 Å². The summed E-state index contributed by atoms with van der Waals surface area (Å²) in [7, 11) is 0. The molecular formula is C15H14BrNO2. The van der Waals surface area contributed by atoms with Crippen molar-refractivity contribution in [3.63, 3.8) is 0 Å². The quantitative estimate of drug-likeness (QED) is 0.853. The number of hydrogen-bond donors (Lipinski definition) is 1. The Morgan fingerprint density at radius 2 is 2.00 bits per heavy atom. The van der Waals surface area contributed by atoms with Crippen molar-refractivity contribution < 1.29 is 9.84 Å². The topological polar surface area (TPSA) is 41.8 Å². The number of hydrogen-bond acceptors (Lipinski definition) is 3. The number of ether oxygens (including phenoxy) is 1. The van der Waals surface area contributed by atoms with Gasteiger partial charge in [-0.3, -0.25) is 4.99 Å². The van der Waals surface area contributed by atoms with Gasteiger partial charge in [-0.05, 0) is 47.1 Å². The van der Waals surface area contributed by atoms with Crippen LogP contribution >= 0.6 is 15.9 Å². The molecule has 0 heterocycles. The van der Waals surface area contributed by atoms with E-state index in [4.69, 9.17) is 4.74 Å². The number of phenolic OH excluding ortho intramolecular Hbond substituents is 1. The molecule has 0 spiro atoms. The van der Waals surface area contributed by atoms with Crippen molar-refractivity contribution in [2.45, 2.75) is 6.92 Å². The third kappa shape index (κ3) is 3.35. The number of para-hydroxylation sites is 2. The normalized spacial score (nSPS) is 10.8. The van der Waals surface area contributed by atoms with Gasteiger partial charge in [0.25, 0.3) is 0 Å². The summed E-state index contributed by atoms with van der Waals surface area (Å²) in [5, 5.41) is 10.0. The van der Waals surface area contributed by atoms with Crippen molar-refractivity contribution in [2.24, 2.45) is 4.99 Å². The van der Waals surface area contributed by atoms with Crippen LogP contribution in [0.5, 0.6) is 11.5 Å². The summed E-state index contributed by atoms with van der Waals surface area (Å²) < 4.78 is 6.24. The number of nitrogens with zero attached hydrogens (tertiary/aromatic N) is 1. The lowest BCUT2D eigenvalue weighted by molar-refractivity contribution is 0.318. The van der Waals surface area contributed by atoms with Crippen LogP contribution in [0.4, 0.5) is 5.69 Å². The highest BCUT2D eigenvalue weighted by Gasteiger charge is 2.05. The second kappa shape index (κ2) is 6.38. The van der Waals surface area contributed by atoms with Gasteiger partial charge in [-0.1, -0.05) is 18.2 Å². The first kappa shape index (κ1) is 13.6. The molecule has 0 bridgehead atoms. The number of aromatic hydroxyl groups is 1. The molecular weight excluding hydrogens is 306 g/mol. The van der Waals surface area contributed by atoms with Gasteiger partial charge in [-0.25, -0.2) is 0 Å². The van der Waals surface area contributed by atoms with E-state index in [1.807, 2.05) is 37.3 Å². The average Bonchev–Trinajstić information content (AvgIpc) is 2.42. The summed E-state index contributed by atoms with van der Waals surface area (Å²) >= 11 is 3.43. The van der Waals surface area contributed by atoms with E-state index < -0.39 is 0 Å². The first-order valence-corrected chi connectivity index (χ1v) is 6.75. The van der Waals surface area contributed by atoms with Gasteiger partial charge in [-0.15, -0.1) is 0 Å². The van der Waals surface area contributed by atoms with Crippen LogP contribution in [0.25, 0.3) is 0 Å². The minimum atomic E-state index is 0.111. The number of phenols is 1. The fraction of sp³-hybridized carbons (Fsp3) is 0.133. The fourth-order valence-corrected chi connectivity index (χ4v) is 2.00. The Morgan fingerprint density at radius 1 is 1.21 bits per heavy atom. The molecule has 0 aliphatic carbocycles. The molecule has 0 fully saturated rings. The molecule has 0 amide bonds. The van der Waals surface area contributed by atoms with E-state index in [0.29, 0.717) is 17.9 Å². The van der Waals surface area contributed by atoms with E-state index in [9.17, 15) is 5.11 Å². The van der Waals surface area contributed by atoms with Gasteiger partial charge in [0.05, 0.1) is 12.3 Å².